The number of fused-ring (bicyclic) bond motifs is 1. The fourth-order valence-electron chi connectivity index (χ4n) is 6.32. The van der Waals surface area contributed by atoms with E-state index in [9.17, 15) is 23.2 Å². The molecule has 1 aromatic carbocycles. The van der Waals surface area contributed by atoms with E-state index in [4.69, 9.17) is 0 Å². The van der Waals surface area contributed by atoms with E-state index in [1.165, 1.54) is 11.0 Å². The standard InChI is InChI=1S/C26H32F3N3O3/c27-19-13-15(11-16-3-1-2-4-20(16)30-18-7-9-26(28,29)10-8-18)12-17-14-32(25(35)23(17)19)21-5-6-22(33)31-24(21)34/h12-13,16,18,20-21,30H,1-11,14H2,(H,31,33,34)/t16-,20+,21+/m1/s1. The zero-order valence-electron chi connectivity index (χ0n) is 19.8. The highest BCUT2D eigenvalue weighted by Crippen LogP contribution is 2.36. The second kappa shape index (κ2) is 9.56. The molecule has 0 radical (unpaired) electrons. The van der Waals surface area contributed by atoms with Crippen molar-refractivity contribution >= 4 is 17.7 Å². The van der Waals surface area contributed by atoms with Crippen LogP contribution in [-0.2, 0) is 22.6 Å². The SMILES string of the molecule is O=C1CC[C@H](N2Cc3cc(C[C@H]4CCCC[C@@H]4NC4CCC(F)(F)CC4)cc(F)c3C2=O)C(=O)N1. The molecule has 190 valence electrons. The van der Waals surface area contributed by atoms with E-state index >= 15 is 4.39 Å². The number of halogens is 3. The number of nitrogens with zero attached hydrogens (tertiary/aromatic N) is 1. The van der Waals surface area contributed by atoms with Gasteiger partial charge < -0.3 is 10.2 Å². The molecule has 3 amide bonds. The minimum Gasteiger partial charge on any atom is -0.322 e. The number of hydrogen-bond donors (Lipinski definition) is 2. The first-order chi connectivity index (χ1) is 16.7. The van der Waals surface area contributed by atoms with Crippen molar-refractivity contribution in [1.82, 2.24) is 15.5 Å². The lowest BCUT2D eigenvalue weighted by atomic mass is 9.79. The molecule has 0 unspecified atom stereocenters. The molecule has 0 spiro atoms. The number of carbonyl (C=O) groups excluding carboxylic acids is 3. The molecule has 2 heterocycles. The molecule has 3 atom stereocenters. The average Bonchev–Trinajstić information content (AvgIpc) is 3.13. The summed E-state index contributed by atoms with van der Waals surface area (Å²) >= 11 is 0. The van der Waals surface area contributed by atoms with Crippen LogP contribution in [0, 0.1) is 11.7 Å². The summed E-state index contributed by atoms with van der Waals surface area (Å²) < 4.78 is 42.2. The smallest absolute Gasteiger partial charge is 0.258 e. The lowest BCUT2D eigenvalue weighted by Gasteiger charge is -2.38. The van der Waals surface area contributed by atoms with Crippen molar-refractivity contribution in [2.45, 2.75) is 101 Å². The van der Waals surface area contributed by atoms with Gasteiger partial charge in [0.2, 0.25) is 17.7 Å². The third kappa shape index (κ3) is 5.10. The van der Waals surface area contributed by atoms with Crippen LogP contribution in [-0.4, -0.2) is 46.7 Å². The molecule has 5 rings (SSSR count). The highest BCUT2D eigenvalue weighted by molar-refractivity contribution is 6.05. The topological polar surface area (TPSA) is 78.5 Å². The highest BCUT2D eigenvalue weighted by Gasteiger charge is 2.41. The zero-order chi connectivity index (χ0) is 24.7. The maximum atomic E-state index is 15.1. The van der Waals surface area contributed by atoms with Gasteiger partial charge in [0.25, 0.3) is 5.91 Å². The van der Waals surface area contributed by atoms with Crippen LogP contribution in [0.15, 0.2) is 12.1 Å². The fourth-order valence-corrected chi connectivity index (χ4v) is 6.32. The van der Waals surface area contributed by atoms with Gasteiger partial charge in [0, 0.05) is 37.9 Å². The number of nitrogens with one attached hydrogen (secondary N) is 2. The summed E-state index contributed by atoms with van der Waals surface area (Å²) in [7, 11) is 0. The normalized spacial score (nSPS) is 29.3. The molecule has 35 heavy (non-hydrogen) atoms. The van der Waals surface area contributed by atoms with E-state index in [-0.39, 0.29) is 61.7 Å². The summed E-state index contributed by atoms with van der Waals surface area (Å²) in [6, 6.07) is 2.83. The van der Waals surface area contributed by atoms with Crippen molar-refractivity contribution in [3.63, 3.8) is 0 Å². The maximum Gasteiger partial charge on any atom is 0.258 e. The number of piperidine rings is 1. The van der Waals surface area contributed by atoms with Gasteiger partial charge in [0.1, 0.15) is 11.9 Å². The van der Waals surface area contributed by atoms with Gasteiger partial charge in [0.05, 0.1) is 5.56 Å². The molecular formula is C26H32F3N3O3. The van der Waals surface area contributed by atoms with Gasteiger partial charge in [0.15, 0.2) is 0 Å². The van der Waals surface area contributed by atoms with Crippen LogP contribution in [0.5, 0.6) is 0 Å². The van der Waals surface area contributed by atoms with E-state index in [0.29, 0.717) is 24.8 Å². The van der Waals surface area contributed by atoms with E-state index in [1.807, 2.05) is 6.07 Å². The molecule has 2 aliphatic heterocycles. The quantitative estimate of drug-likeness (QED) is 0.614. The Morgan fingerprint density at radius 3 is 2.51 bits per heavy atom. The highest BCUT2D eigenvalue weighted by atomic mass is 19.3. The van der Waals surface area contributed by atoms with Crippen LogP contribution < -0.4 is 10.6 Å². The number of amides is 3. The van der Waals surface area contributed by atoms with Gasteiger partial charge in [-0.15, -0.1) is 0 Å². The predicted octanol–water partition coefficient (Wildman–Crippen LogP) is 3.86. The van der Waals surface area contributed by atoms with Gasteiger partial charge >= 0.3 is 0 Å². The Balaban J connectivity index is 1.27. The Bertz CT molecular complexity index is 1020. The molecule has 2 N–H and O–H groups in total. The molecule has 1 aromatic rings. The van der Waals surface area contributed by atoms with Gasteiger partial charge in [-0.1, -0.05) is 18.9 Å². The Morgan fingerprint density at radius 1 is 1.03 bits per heavy atom. The molecule has 4 aliphatic rings. The van der Waals surface area contributed by atoms with Gasteiger partial charge in [-0.05, 0) is 61.6 Å². The van der Waals surface area contributed by atoms with Crippen LogP contribution in [0.1, 0.15) is 85.7 Å². The lowest BCUT2D eigenvalue weighted by Crippen LogP contribution is -2.52. The number of imide groups is 1. The largest absolute Gasteiger partial charge is 0.322 e. The Labute approximate surface area is 203 Å². The van der Waals surface area contributed by atoms with Crippen LogP contribution in [0.3, 0.4) is 0 Å². The predicted molar refractivity (Wildman–Crippen MR) is 122 cm³/mol. The Kier molecular flexibility index (Phi) is 6.63. The van der Waals surface area contributed by atoms with E-state index in [1.54, 1.807) is 0 Å². The summed E-state index contributed by atoms with van der Waals surface area (Å²) in [6.07, 6.45) is 5.98. The summed E-state index contributed by atoms with van der Waals surface area (Å²) in [4.78, 5) is 38.0. The molecule has 2 saturated carbocycles. The summed E-state index contributed by atoms with van der Waals surface area (Å²) in [5, 5.41) is 5.90. The Hall–Kier alpha value is -2.42. The van der Waals surface area contributed by atoms with Crippen molar-refractivity contribution in [3.8, 4) is 0 Å². The van der Waals surface area contributed by atoms with E-state index in [2.05, 4.69) is 10.6 Å². The number of benzene rings is 1. The monoisotopic (exact) mass is 491 g/mol. The number of carbonyl (C=O) groups is 3. The first-order valence-corrected chi connectivity index (χ1v) is 12.8. The van der Waals surface area contributed by atoms with Gasteiger partial charge in [-0.25, -0.2) is 13.2 Å². The van der Waals surface area contributed by atoms with Crippen LogP contribution in [0.4, 0.5) is 13.2 Å². The third-order valence-electron chi connectivity index (χ3n) is 8.21. The average molecular weight is 492 g/mol. The van der Waals surface area contributed by atoms with Gasteiger partial charge in [-0.2, -0.15) is 0 Å². The molecule has 2 aliphatic carbocycles. The Morgan fingerprint density at radius 2 is 1.77 bits per heavy atom. The molecule has 0 aromatic heterocycles. The molecule has 6 nitrogen and oxygen atoms in total. The fraction of sp³-hybridized carbons (Fsp3) is 0.654. The number of alkyl halides is 2. The first kappa shape index (κ1) is 24.3. The van der Waals surface area contributed by atoms with E-state index < -0.39 is 29.6 Å². The van der Waals surface area contributed by atoms with E-state index in [0.717, 1.165) is 31.2 Å². The van der Waals surface area contributed by atoms with Crippen LogP contribution in [0.25, 0.3) is 0 Å². The zero-order valence-corrected chi connectivity index (χ0v) is 19.8. The molecule has 1 saturated heterocycles. The van der Waals surface area contributed by atoms with Crippen molar-refractivity contribution < 1.29 is 27.6 Å². The first-order valence-electron chi connectivity index (χ1n) is 12.8. The van der Waals surface area contributed by atoms with Crippen molar-refractivity contribution in [2.75, 3.05) is 0 Å². The van der Waals surface area contributed by atoms with Crippen molar-refractivity contribution in [3.05, 3.63) is 34.6 Å². The van der Waals surface area contributed by atoms with Crippen molar-refractivity contribution in [2.24, 2.45) is 5.92 Å². The van der Waals surface area contributed by atoms with Crippen LogP contribution >= 0.6 is 0 Å². The summed E-state index contributed by atoms with van der Waals surface area (Å²) in [6.45, 7) is 0.147. The van der Waals surface area contributed by atoms with Gasteiger partial charge in [-0.3, -0.25) is 19.7 Å². The molecule has 0 bridgehead atoms. The molecule has 9 heteroatoms. The summed E-state index contributed by atoms with van der Waals surface area (Å²) in [5.41, 5.74) is 1.40. The maximum absolute atomic E-state index is 15.1. The number of rotatable bonds is 5. The molecular weight excluding hydrogens is 459 g/mol. The number of hydrogen-bond acceptors (Lipinski definition) is 4. The minimum atomic E-state index is -2.55. The third-order valence-corrected chi connectivity index (χ3v) is 8.21. The minimum absolute atomic E-state index is 0.0138. The van der Waals surface area contributed by atoms with Crippen molar-refractivity contribution in [1.29, 1.82) is 0 Å². The molecule has 3 fully saturated rings. The summed E-state index contributed by atoms with van der Waals surface area (Å²) in [5.74, 6) is -4.24. The lowest BCUT2D eigenvalue weighted by molar-refractivity contribution is -0.136. The second-order valence-corrected chi connectivity index (χ2v) is 10.7. The van der Waals surface area contributed by atoms with Crippen LogP contribution in [0.2, 0.25) is 0 Å². The second-order valence-electron chi connectivity index (χ2n) is 10.7.